The summed E-state index contributed by atoms with van der Waals surface area (Å²) in [7, 11) is 0. The van der Waals surface area contributed by atoms with Crippen LogP contribution in [0.5, 0.6) is 0 Å². The first kappa shape index (κ1) is 19.1. The van der Waals surface area contributed by atoms with Crippen molar-refractivity contribution in [3.63, 3.8) is 0 Å². The fraction of sp³-hybridized carbons (Fsp3) is 0.0870. The number of amides is 1. The van der Waals surface area contributed by atoms with Gasteiger partial charge in [0.25, 0.3) is 5.91 Å². The average molecular weight is 477 g/mol. The van der Waals surface area contributed by atoms with Crippen molar-refractivity contribution in [1.29, 1.82) is 0 Å². The number of carbonyl (C=O) groups excluding carboxylic acids is 1. The number of hydrazone groups is 1. The highest BCUT2D eigenvalue weighted by Gasteiger charge is 2.34. The maximum absolute atomic E-state index is 13.1. The molecule has 0 aromatic heterocycles. The first-order chi connectivity index (χ1) is 14.6. The van der Waals surface area contributed by atoms with Crippen LogP contribution >= 0.6 is 27.7 Å². The summed E-state index contributed by atoms with van der Waals surface area (Å²) >= 11 is 4.94. The average Bonchev–Trinajstić information content (AvgIpc) is 2.76. The molecule has 1 unspecified atom stereocenters. The molecule has 2 aliphatic rings. The van der Waals surface area contributed by atoms with Gasteiger partial charge in [-0.05, 0) is 40.6 Å². The molecule has 1 N–H and O–H groups in total. The van der Waals surface area contributed by atoms with E-state index in [-0.39, 0.29) is 5.91 Å². The van der Waals surface area contributed by atoms with Gasteiger partial charge in [0.1, 0.15) is 5.70 Å². The number of halogens is 1. The molecule has 30 heavy (non-hydrogen) atoms. The van der Waals surface area contributed by atoms with Gasteiger partial charge in [-0.2, -0.15) is 0 Å². The van der Waals surface area contributed by atoms with E-state index < -0.39 is 6.17 Å². The van der Waals surface area contributed by atoms with Crippen LogP contribution in [0.25, 0.3) is 16.5 Å². The summed E-state index contributed by atoms with van der Waals surface area (Å²) < 4.78 is 0.886. The van der Waals surface area contributed by atoms with Crippen LogP contribution < -0.4 is 15.9 Å². The topological polar surface area (TPSA) is 57.1 Å². The van der Waals surface area contributed by atoms with E-state index in [0.717, 1.165) is 31.4 Å². The minimum Gasteiger partial charge on any atom is -0.298 e. The SMILES string of the molecule is C=CCSC1=NN2C(=c3cc(Br)ccc3=NC2c2ccc3ccccc3c2)C(=O)N1. The minimum atomic E-state index is -0.427. The van der Waals surface area contributed by atoms with Crippen LogP contribution in [0.1, 0.15) is 11.7 Å². The molecule has 2 heterocycles. The van der Waals surface area contributed by atoms with E-state index in [2.05, 4.69) is 58.2 Å². The van der Waals surface area contributed by atoms with Gasteiger partial charge in [-0.1, -0.05) is 70.2 Å². The summed E-state index contributed by atoms with van der Waals surface area (Å²) in [5, 5.41) is 13.7. The van der Waals surface area contributed by atoms with Gasteiger partial charge in [0.2, 0.25) is 0 Å². The third-order valence-electron chi connectivity index (χ3n) is 4.98. The van der Waals surface area contributed by atoms with Crippen molar-refractivity contribution in [2.45, 2.75) is 6.17 Å². The van der Waals surface area contributed by atoms with Gasteiger partial charge < -0.3 is 0 Å². The fourth-order valence-electron chi connectivity index (χ4n) is 3.64. The zero-order chi connectivity index (χ0) is 20.7. The van der Waals surface area contributed by atoms with Crippen LogP contribution in [0.3, 0.4) is 0 Å². The van der Waals surface area contributed by atoms with Crippen molar-refractivity contribution in [2.75, 3.05) is 5.75 Å². The summed E-state index contributed by atoms with van der Waals surface area (Å²) in [5.74, 6) is 0.471. The molecule has 2 aliphatic heterocycles. The number of rotatable bonds is 3. The van der Waals surface area contributed by atoms with E-state index in [1.54, 1.807) is 11.1 Å². The van der Waals surface area contributed by atoms with E-state index in [9.17, 15) is 4.79 Å². The molecule has 5 rings (SSSR count). The van der Waals surface area contributed by atoms with Crippen LogP contribution in [0.4, 0.5) is 0 Å². The number of hydrogen-bond donors (Lipinski definition) is 1. The molecular weight excluding hydrogens is 460 g/mol. The lowest BCUT2D eigenvalue weighted by Crippen LogP contribution is -2.50. The largest absolute Gasteiger partial charge is 0.298 e. The molecule has 1 amide bonds. The summed E-state index contributed by atoms with van der Waals surface area (Å²) in [4.78, 5) is 18.1. The monoisotopic (exact) mass is 476 g/mol. The Kier molecular flexibility index (Phi) is 4.92. The zero-order valence-corrected chi connectivity index (χ0v) is 18.3. The highest BCUT2D eigenvalue weighted by Crippen LogP contribution is 2.32. The predicted octanol–water partition coefficient (Wildman–Crippen LogP) is 3.66. The Morgan fingerprint density at radius 1 is 1.13 bits per heavy atom. The second-order valence-corrected chi connectivity index (χ2v) is 8.85. The van der Waals surface area contributed by atoms with Crippen molar-refractivity contribution in [1.82, 2.24) is 10.3 Å². The third kappa shape index (κ3) is 3.34. The molecule has 5 nitrogen and oxygen atoms in total. The van der Waals surface area contributed by atoms with Gasteiger partial charge in [0, 0.05) is 15.4 Å². The van der Waals surface area contributed by atoms with Crippen molar-refractivity contribution in [2.24, 2.45) is 10.1 Å². The Morgan fingerprint density at radius 3 is 2.80 bits per heavy atom. The summed E-state index contributed by atoms with van der Waals surface area (Å²) in [6.07, 6.45) is 1.36. The van der Waals surface area contributed by atoms with Crippen LogP contribution in [0.2, 0.25) is 0 Å². The number of hydrogen-bond acceptors (Lipinski definition) is 5. The van der Waals surface area contributed by atoms with Crippen molar-refractivity contribution in [3.05, 3.63) is 93.9 Å². The maximum Gasteiger partial charge on any atom is 0.276 e. The van der Waals surface area contributed by atoms with Gasteiger partial charge in [0.15, 0.2) is 11.3 Å². The number of benzene rings is 3. The predicted molar refractivity (Wildman–Crippen MR) is 125 cm³/mol. The van der Waals surface area contributed by atoms with Crippen molar-refractivity contribution >= 4 is 55.2 Å². The number of amidine groups is 1. The molecule has 0 bridgehead atoms. The van der Waals surface area contributed by atoms with Gasteiger partial charge in [-0.25, -0.2) is 5.01 Å². The van der Waals surface area contributed by atoms with Crippen LogP contribution in [-0.4, -0.2) is 21.8 Å². The molecule has 0 aliphatic carbocycles. The summed E-state index contributed by atoms with van der Waals surface area (Å²) in [6, 6.07) is 20.2. The quantitative estimate of drug-likeness (QED) is 0.586. The molecule has 148 valence electrons. The number of nitrogens with one attached hydrogen (secondary N) is 1. The molecule has 1 atom stereocenters. The van der Waals surface area contributed by atoms with Crippen molar-refractivity contribution < 1.29 is 4.79 Å². The van der Waals surface area contributed by atoms with Gasteiger partial charge in [-0.15, -0.1) is 11.7 Å². The van der Waals surface area contributed by atoms with Crippen LogP contribution in [-0.2, 0) is 4.79 Å². The lowest BCUT2D eigenvalue weighted by atomic mass is 10.0. The molecule has 0 fully saturated rings. The third-order valence-corrected chi connectivity index (χ3v) is 6.33. The van der Waals surface area contributed by atoms with E-state index in [1.165, 1.54) is 11.8 Å². The van der Waals surface area contributed by atoms with Crippen molar-refractivity contribution in [3.8, 4) is 0 Å². The van der Waals surface area contributed by atoms with Gasteiger partial charge in [0.05, 0.1) is 5.36 Å². The summed E-state index contributed by atoms with van der Waals surface area (Å²) in [6.45, 7) is 3.75. The molecule has 3 aromatic carbocycles. The van der Waals surface area contributed by atoms with Crippen LogP contribution in [0.15, 0.2) is 87.9 Å². The second kappa shape index (κ2) is 7.74. The number of thioether (sulfide) groups is 1. The molecule has 7 heteroatoms. The van der Waals surface area contributed by atoms with E-state index >= 15 is 0 Å². The van der Waals surface area contributed by atoms with Gasteiger partial charge >= 0.3 is 0 Å². The summed E-state index contributed by atoms with van der Waals surface area (Å²) in [5.41, 5.74) is 1.48. The van der Waals surface area contributed by atoms with E-state index in [4.69, 9.17) is 10.1 Å². The molecule has 3 aromatic rings. The Hall–Kier alpha value is -2.90. The lowest BCUT2D eigenvalue weighted by Gasteiger charge is -2.34. The maximum atomic E-state index is 13.1. The lowest BCUT2D eigenvalue weighted by molar-refractivity contribution is -0.116. The first-order valence-electron chi connectivity index (χ1n) is 9.43. The number of nitrogens with zero attached hydrogens (tertiary/aromatic N) is 3. The number of fused-ring (bicyclic) bond motifs is 3. The second-order valence-electron chi connectivity index (χ2n) is 6.92. The van der Waals surface area contributed by atoms with Gasteiger partial charge in [-0.3, -0.25) is 15.1 Å². The Morgan fingerprint density at radius 2 is 1.97 bits per heavy atom. The molecule has 0 spiro atoms. The molecule has 0 saturated heterocycles. The first-order valence-corrected chi connectivity index (χ1v) is 11.2. The normalized spacial score (nSPS) is 17.6. The molecule has 0 saturated carbocycles. The Balaban J connectivity index is 1.72. The van der Waals surface area contributed by atoms with Crippen LogP contribution in [0, 0.1) is 0 Å². The highest BCUT2D eigenvalue weighted by molar-refractivity contribution is 9.10. The fourth-order valence-corrected chi connectivity index (χ4v) is 4.59. The standard InChI is InChI=1S/C23H17BrN4OS/c1-2-11-30-23-26-22(29)20-18-13-17(24)9-10-19(18)25-21(28(20)27-23)16-8-7-14-5-3-4-6-15(14)12-16/h2-10,12-13,21H,1,11H2,(H,26,27,29). The Bertz CT molecular complexity index is 1350. The molecule has 0 radical (unpaired) electrons. The number of carbonyl (C=O) groups is 1. The minimum absolute atomic E-state index is 0.184. The zero-order valence-electron chi connectivity index (χ0n) is 15.9. The molecular formula is C23H17BrN4OS. The van der Waals surface area contributed by atoms with E-state index in [0.29, 0.717) is 16.6 Å². The smallest absolute Gasteiger partial charge is 0.276 e. The van der Waals surface area contributed by atoms with E-state index in [1.807, 2.05) is 30.3 Å². The Labute approximate surface area is 186 Å². The highest BCUT2D eigenvalue weighted by atomic mass is 79.9.